The molecule has 2 rings (SSSR count). The lowest BCUT2D eigenvalue weighted by Crippen LogP contribution is -2.21. The van der Waals surface area contributed by atoms with Gasteiger partial charge in [-0.2, -0.15) is 0 Å². The first kappa shape index (κ1) is 18.3. The number of nitrogens with zero attached hydrogens (tertiary/aromatic N) is 2. The number of thiazole rings is 1. The molecule has 0 aliphatic heterocycles. The van der Waals surface area contributed by atoms with Crippen LogP contribution in [0.15, 0.2) is 18.2 Å². The first-order chi connectivity index (χ1) is 11.8. The molecule has 1 aromatic heterocycles. The summed E-state index contributed by atoms with van der Waals surface area (Å²) in [5.74, 6) is -1.05. The Kier molecular flexibility index (Phi) is 5.65. The highest BCUT2D eigenvalue weighted by Gasteiger charge is 2.18. The fraction of sp³-hybridized carbons (Fsp3) is 0.267. The Morgan fingerprint density at radius 3 is 2.64 bits per heavy atom. The molecule has 9 nitrogen and oxygen atoms in total. The fourth-order valence-corrected chi connectivity index (χ4v) is 2.82. The van der Waals surface area contributed by atoms with E-state index in [1.807, 2.05) is 0 Å². The lowest BCUT2D eigenvalue weighted by atomic mass is 10.2. The van der Waals surface area contributed by atoms with Gasteiger partial charge in [-0.3, -0.25) is 14.9 Å². The third-order valence-electron chi connectivity index (χ3n) is 3.09. The first-order valence-electron chi connectivity index (χ1n) is 7.05. The molecule has 0 aliphatic carbocycles. The van der Waals surface area contributed by atoms with Crippen LogP contribution in [0.2, 0.25) is 0 Å². The van der Waals surface area contributed by atoms with E-state index in [0.29, 0.717) is 10.6 Å². The van der Waals surface area contributed by atoms with Crippen LogP contribution in [-0.2, 0) is 9.53 Å². The molecule has 1 heterocycles. The molecular weight excluding hydrogens is 350 g/mol. The molecule has 0 aliphatic rings. The van der Waals surface area contributed by atoms with Crippen LogP contribution in [0.4, 0.5) is 11.4 Å². The summed E-state index contributed by atoms with van der Waals surface area (Å²) in [5.41, 5.74) is 0.444. The first-order valence-corrected chi connectivity index (χ1v) is 7.87. The van der Waals surface area contributed by atoms with Crippen LogP contribution in [0.3, 0.4) is 0 Å². The van der Waals surface area contributed by atoms with Gasteiger partial charge in [0.1, 0.15) is 10.6 Å². The van der Waals surface area contributed by atoms with E-state index in [1.165, 1.54) is 30.6 Å². The third-order valence-corrected chi connectivity index (χ3v) is 4.14. The number of aromatic nitrogens is 1. The number of nitrogens with one attached hydrogen (secondary N) is 1. The topological polar surface area (TPSA) is 121 Å². The van der Waals surface area contributed by atoms with Gasteiger partial charge in [0.25, 0.3) is 11.6 Å². The number of nitro benzene ring substituents is 1. The van der Waals surface area contributed by atoms with Crippen molar-refractivity contribution in [3.8, 4) is 5.75 Å². The number of benzene rings is 1. The number of amides is 1. The molecule has 0 fully saturated rings. The Balaban J connectivity index is 2.02. The van der Waals surface area contributed by atoms with Gasteiger partial charge in [0.05, 0.1) is 28.4 Å². The van der Waals surface area contributed by atoms with Crippen molar-refractivity contribution in [3.05, 3.63) is 43.9 Å². The monoisotopic (exact) mass is 365 g/mol. The Morgan fingerprint density at radius 1 is 1.36 bits per heavy atom. The van der Waals surface area contributed by atoms with Crippen LogP contribution < -0.4 is 10.1 Å². The number of hydrogen-bond acceptors (Lipinski definition) is 8. The summed E-state index contributed by atoms with van der Waals surface area (Å²) in [6.07, 6.45) is 0. The number of anilines is 1. The molecule has 10 heteroatoms. The van der Waals surface area contributed by atoms with Gasteiger partial charge >= 0.3 is 5.97 Å². The van der Waals surface area contributed by atoms with Crippen molar-refractivity contribution < 1.29 is 24.0 Å². The van der Waals surface area contributed by atoms with Gasteiger partial charge in [0, 0.05) is 12.1 Å². The zero-order chi connectivity index (χ0) is 18.6. The van der Waals surface area contributed by atoms with Gasteiger partial charge in [-0.15, -0.1) is 11.3 Å². The summed E-state index contributed by atoms with van der Waals surface area (Å²) in [4.78, 5) is 38.6. The maximum atomic E-state index is 12.0. The summed E-state index contributed by atoms with van der Waals surface area (Å²) in [5, 5.41) is 14.0. The highest BCUT2D eigenvalue weighted by atomic mass is 32.1. The van der Waals surface area contributed by atoms with Crippen LogP contribution in [0.5, 0.6) is 5.75 Å². The average Bonchev–Trinajstić information content (AvgIpc) is 2.91. The number of carbonyl (C=O) groups excluding carboxylic acids is 2. The molecule has 1 N–H and O–H groups in total. The maximum absolute atomic E-state index is 12.0. The molecule has 0 saturated heterocycles. The number of methoxy groups -OCH3 is 1. The molecule has 2 aromatic rings. The largest absolute Gasteiger partial charge is 0.495 e. The average molecular weight is 365 g/mol. The van der Waals surface area contributed by atoms with Crippen molar-refractivity contribution >= 4 is 34.6 Å². The zero-order valence-corrected chi connectivity index (χ0v) is 14.5. The zero-order valence-electron chi connectivity index (χ0n) is 13.7. The van der Waals surface area contributed by atoms with Crippen LogP contribution in [0.25, 0.3) is 0 Å². The minimum Gasteiger partial charge on any atom is -0.495 e. The minimum absolute atomic E-state index is 0.113. The minimum atomic E-state index is -0.649. The lowest BCUT2D eigenvalue weighted by molar-refractivity contribution is -0.384. The van der Waals surface area contributed by atoms with Crippen molar-refractivity contribution in [2.24, 2.45) is 0 Å². The second-order valence-corrected chi connectivity index (χ2v) is 6.12. The summed E-state index contributed by atoms with van der Waals surface area (Å²) < 4.78 is 9.99. The number of carbonyl (C=O) groups is 2. The second-order valence-electron chi connectivity index (χ2n) is 4.91. The van der Waals surface area contributed by atoms with Gasteiger partial charge in [0.2, 0.25) is 0 Å². The number of nitro groups is 1. The van der Waals surface area contributed by atoms with Gasteiger partial charge in [-0.05, 0) is 19.9 Å². The van der Waals surface area contributed by atoms with E-state index >= 15 is 0 Å². The van der Waals surface area contributed by atoms with Gasteiger partial charge in [0.15, 0.2) is 6.61 Å². The van der Waals surface area contributed by atoms with Crippen molar-refractivity contribution in [1.29, 1.82) is 0 Å². The number of rotatable bonds is 6. The SMILES string of the molecule is COc1ccc([N+](=O)[O-])cc1NC(=O)COC(=O)c1sc(C)nc1C. The predicted octanol–water partition coefficient (Wildman–Crippen LogP) is 2.47. The Bertz CT molecular complexity index is 833. The number of esters is 1. The molecule has 0 atom stereocenters. The third kappa shape index (κ3) is 4.51. The van der Waals surface area contributed by atoms with Crippen molar-refractivity contribution in [3.63, 3.8) is 0 Å². The number of hydrogen-bond donors (Lipinski definition) is 1. The van der Waals surface area contributed by atoms with Crippen LogP contribution >= 0.6 is 11.3 Å². The standard InChI is InChI=1S/C15H15N3O6S/c1-8-14(25-9(2)16-8)15(20)24-7-13(19)17-11-6-10(18(21)22)4-5-12(11)23-3/h4-6H,7H2,1-3H3,(H,17,19). The van der Waals surface area contributed by atoms with Gasteiger partial charge < -0.3 is 14.8 Å². The lowest BCUT2D eigenvalue weighted by Gasteiger charge is -2.10. The molecule has 1 amide bonds. The molecule has 0 unspecified atom stereocenters. The maximum Gasteiger partial charge on any atom is 0.350 e. The van der Waals surface area contributed by atoms with Crippen LogP contribution in [-0.4, -0.2) is 35.5 Å². The smallest absolute Gasteiger partial charge is 0.350 e. The van der Waals surface area contributed by atoms with E-state index in [-0.39, 0.29) is 17.1 Å². The predicted molar refractivity (Wildman–Crippen MR) is 90.1 cm³/mol. The van der Waals surface area contributed by atoms with E-state index in [9.17, 15) is 19.7 Å². The highest BCUT2D eigenvalue weighted by molar-refractivity contribution is 7.13. The quantitative estimate of drug-likeness (QED) is 0.474. The summed E-state index contributed by atoms with van der Waals surface area (Å²) in [7, 11) is 1.37. The molecular formula is C15H15N3O6S. The Labute approximate surface area is 146 Å². The second kappa shape index (κ2) is 7.71. The summed E-state index contributed by atoms with van der Waals surface area (Å²) in [6, 6.07) is 3.78. The van der Waals surface area contributed by atoms with E-state index in [1.54, 1.807) is 13.8 Å². The molecule has 0 spiro atoms. The van der Waals surface area contributed by atoms with E-state index in [2.05, 4.69) is 10.3 Å². The molecule has 25 heavy (non-hydrogen) atoms. The molecule has 0 saturated carbocycles. The van der Waals surface area contributed by atoms with E-state index in [4.69, 9.17) is 9.47 Å². The van der Waals surface area contributed by atoms with Gasteiger partial charge in [-0.1, -0.05) is 0 Å². The number of aryl methyl sites for hydroxylation is 2. The molecule has 0 bridgehead atoms. The Hall–Kier alpha value is -3.01. The molecule has 1 aromatic carbocycles. The van der Waals surface area contributed by atoms with Crippen LogP contribution in [0, 0.1) is 24.0 Å². The molecule has 0 radical (unpaired) electrons. The number of non-ortho nitro benzene ring substituents is 1. The van der Waals surface area contributed by atoms with Crippen molar-refractivity contribution in [1.82, 2.24) is 4.98 Å². The van der Waals surface area contributed by atoms with E-state index in [0.717, 1.165) is 11.1 Å². The fourth-order valence-electron chi connectivity index (χ4n) is 2.01. The summed E-state index contributed by atoms with van der Waals surface area (Å²) in [6.45, 7) is 2.89. The Morgan fingerprint density at radius 2 is 2.08 bits per heavy atom. The van der Waals surface area contributed by atoms with E-state index < -0.39 is 23.4 Å². The molecule has 132 valence electrons. The van der Waals surface area contributed by atoms with Crippen molar-refractivity contribution in [2.45, 2.75) is 13.8 Å². The summed E-state index contributed by atoms with van der Waals surface area (Å²) >= 11 is 1.18. The normalized spacial score (nSPS) is 10.2. The van der Waals surface area contributed by atoms with Crippen molar-refractivity contribution in [2.75, 3.05) is 19.0 Å². The number of ether oxygens (including phenoxy) is 2. The highest BCUT2D eigenvalue weighted by Crippen LogP contribution is 2.28. The van der Waals surface area contributed by atoms with Crippen LogP contribution in [0.1, 0.15) is 20.4 Å². The van der Waals surface area contributed by atoms with Gasteiger partial charge in [-0.25, -0.2) is 9.78 Å².